The number of hydrogen-bond acceptors (Lipinski definition) is 12. The lowest BCUT2D eigenvalue weighted by molar-refractivity contribution is -0.271. The molecule has 232 valence electrons. The molecule has 1 aromatic rings. The fourth-order valence-electron chi connectivity index (χ4n) is 3.88. The van der Waals surface area contributed by atoms with Gasteiger partial charge < -0.3 is 54.3 Å². The summed E-state index contributed by atoms with van der Waals surface area (Å²) in [5.74, 6) is -2.56. The van der Waals surface area contributed by atoms with Crippen molar-refractivity contribution in [3.8, 4) is 11.5 Å². The van der Waals surface area contributed by atoms with Crippen LogP contribution in [0.2, 0.25) is 0 Å². The summed E-state index contributed by atoms with van der Waals surface area (Å²) in [6.07, 6.45) is -5.83. The van der Waals surface area contributed by atoms with Crippen molar-refractivity contribution < 1.29 is 63.3 Å². The minimum atomic E-state index is -1.87. The van der Waals surface area contributed by atoms with Crippen LogP contribution >= 0.6 is 0 Å². The van der Waals surface area contributed by atoms with E-state index in [0.29, 0.717) is 12.1 Å². The number of carboxylic acids is 1. The van der Waals surface area contributed by atoms with E-state index in [1.807, 2.05) is 0 Å². The van der Waals surface area contributed by atoms with Crippen molar-refractivity contribution in [2.45, 2.75) is 51.2 Å². The number of aliphatic carboxylic acids is 1. The summed E-state index contributed by atoms with van der Waals surface area (Å²) in [6, 6.07) is 4.38. The van der Waals surface area contributed by atoms with Crippen LogP contribution in [-0.2, 0) is 40.0 Å². The molecule has 0 saturated carbocycles. The van der Waals surface area contributed by atoms with E-state index in [1.54, 1.807) is 19.9 Å². The summed E-state index contributed by atoms with van der Waals surface area (Å²) in [4.78, 5) is 48.2. The highest BCUT2D eigenvalue weighted by molar-refractivity contribution is 5.93. The number of nitrogens with zero attached hydrogens (tertiary/aromatic N) is 1. The zero-order valence-corrected chi connectivity index (χ0v) is 23.2. The Kier molecular flexibility index (Phi) is 12.1. The van der Waals surface area contributed by atoms with E-state index in [2.05, 4.69) is 5.32 Å². The average molecular weight is 597 g/mol. The maximum atomic E-state index is 12.0. The number of carbonyl (C=O) groups excluding carboxylic acids is 3. The Morgan fingerprint density at radius 3 is 2.52 bits per heavy atom. The average Bonchev–Trinajstić information content (AvgIpc) is 3.35. The third kappa shape index (κ3) is 9.12. The van der Waals surface area contributed by atoms with Gasteiger partial charge in [-0.3, -0.25) is 14.4 Å². The molecular formula is C27H36N2O13. The number of benzene rings is 1. The van der Waals surface area contributed by atoms with Gasteiger partial charge in [-0.25, -0.2) is 4.79 Å². The third-order valence-corrected chi connectivity index (χ3v) is 6.23. The van der Waals surface area contributed by atoms with Crippen molar-refractivity contribution in [2.24, 2.45) is 5.92 Å². The molecule has 0 aliphatic carbocycles. The van der Waals surface area contributed by atoms with Gasteiger partial charge in [0.25, 0.3) is 0 Å². The lowest BCUT2D eigenvalue weighted by Crippen LogP contribution is -2.61. The fourth-order valence-corrected chi connectivity index (χ4v) is 3.88. The summed E-state index contributed by atoms with van der Waals surface area (Å²) in [7, 11) is 0. The largest absolute Gasteiger partial charge is 0.491 e. The molecule has 5 N–H and O–H groups in total. The quantitative estimate of drug-likeness (QED) is 0.116. The van der Waals surface area contributed by atoms with E-state index in [0.717, 1.165) is 0 Å². The van der Waals surface area contributed by atoms with E-state index in [9.17, 15) is 39.6 Å². The van der Waals surface area contributed by atoms with Crippen LogP contribution in [0.1, 0.15) is 19.4 Å². The van der Waals surface area contributed by atoms with Crippen LogP contribution in [0, 0.1) is 5.92 Å². The van der Waals surface area contributed by atoms with Gasteiger partial charge in [0.05, 0.1) is 19.1 Å². The Labute approximate surface area is 241 Å². The zero-order chi connectivity index (χ0) is 30.8. The van der Waals surface area contributed by atoms with Crippen LogP contribution in [0.3, 0.4) is 0 Å². The molecule has 0 bridgehead atoms. The Bertz CT molecular complexity index is 1140. The molecule has 42 heavy (non-hydrogen) atoms. The number of aliphatic hydroxyl groups is 3. The first-order valence-electron chi connectivity index (χ1n) is 13.3. The smallest absolute Gasteiger partial charge is 0.335 e. The van der Waals surface area contributed by atoms with Gasteiger partial charge in [0.15, 0.2) is 6.10 Å². The number of carbonyl (C=O) groups is 4. The molecule has 0 spiro atoms. The Hall–Kier alpha value is -3.76. The number of esters is 1. The summed E-state index contributed by atoms with van der Waals surface area (Å²) < 4.78 is 27.3. The van der Waals surface area contributed by atoms with Crippen molar-refractivity contribution in [2.75, 3.05) is 39.5 Å². The Morgan fingerprint density at radius 2 is 1.86 bits per heavy atom. The molecule has 0 radical (unpaired) electrons. The van der Waals surface area contributed by atoms with Crippen LogP contribution in [0.15, 0.2) is 30.4 Å². The number of nitrogens with one attached hydrogen (secondary N) is 1. The molecule has 15 heteroatoms. The van der Waals surface area contributed by atoms with Gasteiger partial charge in [-0.15, -0.1) is 0 Å². The molecule has 2 aliphatic heterocycles. The molecule has 15 nitrogen and oxygen atoms in total. The van der Waals surface area contributed by atoms with Crippen molar-refractivity contribution in [3.05, 3.63) is 35.9 Å². The number of ether oxygens (including phenoxy) is 5. The van der Waals surface area contributed by atoms with Gasteiger partial charge in [-0.1, -0.05) is 19.9 Å². The summed E-state index contributed by atoms with van der Waals surface area (Å²) in [6.45, 7) is 4.16. The lowest BCUT2D eigenvalue weighted by Gasteiger charge is -2.38. The number of amides is 2. The molecular weight excluding hydrogens is 560 g/mol. The van der Waals surface area contributed by atoms with Crippen molar-refractivity contribution in [3.63, 3.8) is 0 Å². The Balaban J connectivity index is 1.54. The molecule has 1 aromatic carbocycles. The van der Waals surface area contributed by atoms with Gasteiger partial charge in [0, 0.05) is 30.8 Å². The molecule has 0 aromatic heterocycles. The molecule has 1 saturated heterocycles. The maximum absolute atomic E-state index is 12.0. The number of aliphatic hydroxyl groups excluding tert-OH is 3. The first-order chi connectivity index (χ1) is 20.0. The van der Waals surface area contributed by atoms with Crippen LogP contribution in [0.4, 0.5) is 0 Å². The second-order valence-electron chi connectivity index (χ2n) is 9.82. The van der Waals surface area contributed by atoms with E-state index >= 15 is 0 Å². The highest BCUT2D eigenvalue weighted by atomic mass is 16.7. The predicted octanol–water partition coefficient (Wildman–Crippen LogP) is -1.43. The number of carboxylic acid groups (broad SMARTS) is 1. The SMILES string of the molecule is CC(C)C(=O)OCc1ccc(O[C@@H]2O[C@H](C(=O)O)[C@@H](O)[C@H](O)[C@H]2O)cc1OCCOCCNC(=O)CN1CC=CC1=O. The minimum absolute atomic E-state index is 0.0447. The van der Waals surface area contributed by atoms with Crippen LogP contribution in [0.25, 0.3) is 0 Å². The molecule has 1 fully saturated rings. The summed E-state index contributed by atoms with van der Waals surface area (Å²) in [5.41, 5.74) is 0.471. The first kappa shape index (κ1) is 32.8. The third-order valence-electron chi connectivity index (χ3n) is 6.23. The van der Waals surface area contributed by atoms with Gasteiger partial charge >= 0.3 is 11.9 Å². The van der Waals surface area contributed by atoms with E-state index < -0.39 is 42.6 Å². The van der Waals surface area contributed by atoms with E-state index in [-0.39, 0.29) is 68.7 Å². The molecule has 2 amide bonds. The predicted molar refractivity (Wildman–Crippen MR) is 141 cm³/mol. The molecule has 2 heterocycles. The summed E-state index contributed by atoms with van der Waals surface area (Å²) in [5, 5.41) is 42.1. The van der Waals surface area contributed by atoms with Crippen molar-refractivity contribution in [1.82, 2.24) is 10.2 Å². The summed E-state index contributed by atoms with van der Waals surface area (Å²) >= 11 is 0. The lowest BCUT2D eigenvalue weighted by atomic mass is 9.99. The second-order valence-corrected chi connectivity index (χ2v) is 9.82. The number of hydrogen-bond donors (Lipinski definition) is 5. The topological polar surface area (TPSA) is 211 Å². The molecule has 2 aliphatic rings. The van der Waals surface area contributed by atoms with Crippen molar-refractivity contribution in [1.29, 1.82) is 0 Å². The highest BCUT2D eigenvalue weighted by Crippen LogP contribution is 2.30. The van der Waals surface area contributed by atoms with Crippen LogP contribution < -0.4 is 14.8 Å². The van der Waals surface area contributed by atoms with Gasteiger partial charge in [-0.05, 0) is 12.1 Å². The molecule has 3 rings (SSSR count). The zero-order valence-electron chi connectivity index (χ0n) is 23.2. The fraction of sp³-hybridized carbons (Fsp3) is 0.556. The van der Waals surface area contributed by atoms with Crippen molar-refractivity contribution >= 4 is 23.8 Å². The first-order valence-corrected chi connectivity index (χ1v) is 13.3. The second kappa shape index (κ2) is 15.5. The monoisotopic (exact) mass is 596 g/mol. The standard InChI is InChI=1S/C27H36N2O13/c1-15(2)26(37)40-14-16-5-6-17(41-27-23(34)21(32)22(33)24(42-27)25(35)36)12-18(16)39-11-10-38-9-7-28-19(30)13-29-8-3-4-20(29)31/h3-6,12,15,21-24,27,32-34H,7-11,13-14H2,1-2H3,(H,28,30)(H,35,36)/t21-,22-,23+,24-,27+/m0/s1. The van der Waals surface area contributed by atoms with Crippen LogP contribution in [0.5, 0.6) is 11.5 Å². The molecule has 0 unspecified atom stereocenters. The van der Waals surface area contributed by atoms with Gasteiger partial charge in [0.1, 0.15) is 49.6 Å². The normalized spacial score (nSPS) is 23.6. The minimum Gasteiger partial charge on any atom is -0.491 e. The number of rotatable bonds is 15. The van der Waals surface area contributed by atoms with Crippen LogP contribution in [-0.4, -0.2) is 119 Å². The molecule has 5 atom stereocenters. The van der Waals surface area contributed by atoms with Gasteiger partial charge in [-0.2, -0.15) is 0 Å². The highest BCUT2D eigenvalue weighted by Gasteiger charge is 2.48. The Morgan fingerprint density at radius 1 is 1.10 bits per heavy atom. The van der Waals surface area contributed by atoms with Gasteiger partial charge in [0.2, 0.25) is 18.1 Å². The van der Waals surface area contributed by atoms with E-state index in [4.69, 9.17) is 23.7 Å². The van der Waals surface area contributed by atoms with E-state index in [1.165, 1.54) is 29.2 Å². The maximum Gasteiger partial charge on any atom is 0.335 e.